The molecule has 2 aromatic rings. The van der Waals surface area contributed by atoms with Crippen molar-refractivity contribution >= 4 is 39.1 Å². The highest BCUT2D eigenvalue weighted by Crippen LogP contribution is 2.37. The summed E-state index contributed by atoms with van der Waals surface area (Å²) in [6.07, 6.45) is -0.358. The molecule has 2 nitrogen and oxygen atoms in total. The molecule has 0 aliphatic heterocycles. The van der Waals surface area contributed by atoms with Gasteiger partial charge < -0.3 is 9.84 Å². The van der Waals surface area contributed by atoms with Crippen molar-refractivity contribution in [2.24, 2.45) is 0 Å². The van der Waals surface area contributed by atoms with Crippen LogP contribution in [0.15, 0.2) is 40.9 Å². The Balaban J connectivity index is 2.34. The first-order valence-corrected chi connectivity index (χ1v) is 7.52. The molecule has 0 aliphatic carbocycles. The summed E-state index contributed by atoms with van der Waals surface area (Å²) >= 11 is 15.5. The zero-order chi connectivity index (χ0) is 14.7. The van der Waals surface area contributed by atoms with Crippen molar-refractivity contribution in [3.63, 3.8) is 0 Å². The Labute approximate surface area is 136 Å². The van der Waals surface area contributed by atoms with Crippen LogP contribution in [0.2, 0.25) is 10.0 Å². The molecule has 0 amide bonds. The van der Waals surface area contributed by atoms with Crippen molar-refractivity contribution in [2.45, 2.75) is 12.5 Å². The number of hydrogen-bond donors (Lipinski definition) is 1. The quantitative estimate of drug-likeness (QED) is 0.810. The number of ether oxygens (including phenoxy) is 1. The van der Waals surface area contributed by atoms with Crippen molar-refractivity contribution in [1.82, 2.24) is 0 Å². The van der Waals surface area contributed by atoms with Crippen molar-refractivity contribution in [2.75, 3.05) is 7.11 Å². The number of aliphatic hydroxyl groups is 1. The molecule has 5 heteroatoms. The van der Waals surface area contributed by atoms with Crippen LogP contribution in [0, 0.1) is 0 Å². The maximum Gasteiger partial charge on any atom is 0.138 e. The number of methoxy groups -OCH3 is 1. The lowest BCUT2D eigenvalue weighted by Crippen LogP contribution is -2.05. The SMILES string of the molecule is COc1c(Br)cc(Cl)cc1C(O)Cc1ccccc1Cl. The number of benzene rings is 2. The summed E-state index contributed by atoms with van der Waals surface area (Å²) in [7, 11) is 1.56. The van der Waals surface area contributed by atoms with Crippen molar-refractivity contribution in [3.8, 4) is 5.75 Å². The molecule has 106 valence electrons. The van der Waals surface area contributed by atoms with Gasteiger partial charge in [0.05, 0.1) is 17.7 Å². The fourth-order valence-electron chi connectivity index (χ4n) is 2.03. The van der Waals surface area contributed by atoms with E-state index in [4.69, 9.17) is 27.9 Å². The molecule has 0 saturated heterocycles. The van der Waals surface area contributed by atoms with Gasteiger partial charge in [-0.05, 0) is 39.7 Å². The second-order valence-electron chi connectivity index (χ2n) is 4.32. The normalized spacial score (nSPS) is 12.2. The Hall–Kier alpha value is -0.740. The van der Waals surface area contributed by atoms with Gasteiger partial charge in [-0.2, -0.15) is 0 Å². The number of aliphatic hydroxyl groups excluding tert-OH is 1. The van der Waals surface area contributed by atoms with E-state index in [0.29, 0.717) is 32.3 Å². The lowest BCUT2D eigenvalue weighted by molar-refractivity contribution is 0.174. The third-order valence-electron chi connectivity index (χ3n) is 2.97. The molecule has 0 bridgehead atoms. The third kappa shape index (κ3) is 3.47. The van der Waals surface area contributed by atoms with E-state index in [1.54, 1.807) is 25.3 Å². The van der Waals surface area contributed by atoms with Gasteiger partial charge >= 0.3 is 0 Å². The fraction of sp³-hybridized carbons (Fsp3) is 0.200. The minimum Gasteiger partial charge on any atom is -0.495 e. The Morgan fingerprint density at radius 3 is 2.60 bits per heavy atom. The van der Waals surface area contributed by atoms with Gasteiger partial charge in [-0.1, -0.05) is 41.4 Å². The van der Waals surface area contributed by atoms with Crippen LogP contribution in [0.5, 0.6) is 5.75 Å². The van der Waals surface area contributed by atoms with Gasteiger partial charge in [0.1, 0.15) is 5.75 Å². The molecule has 0 saturated carbocycles. The van der Waals surface area contributed by atoms with E-state index in [9.17, 15) is 5.11 Å². The van der Waals surface area contributed by atoms with Crippen molar-refractivity contribution in [3.05, 3.63) is 62.0 Å². The average Bonchev–Trinajstić information content (AvgIpc) is 2.40. The van der Waals surface area contributed by atoms with Gasteiger partial charge in [-0.3, -0.25) is 0 Å². The summed E-state index contributed by atoms with van der Waals surface area (Å²) in [5.41, 5.74) is 1.51. The summed E-state index contributed by atoms with van der Waals surface area (Å²) < 4.78 is 6.03. The molecule has 1 unspecified atom stereocenters. The van der Waals surface area contributed by atoms with Crippen LogP contribution >= 0.6 is 39.1 Å². The van der Waals surface area contributed by atoms with Crippen LogP contribution in [-0.4, -0.2) is 12.2 Å². The molecule has 2 rings (SSSR count). The largest absolute Gasteiger partial charge is 0.495 e. The highest BCUT2D eigenvalue weighted by Gasteiger charge is 2.18. The van der Waals surface area contributed by atoms with Crippen LogP contribution in [0.1, 0.15) is 17.2 Å². The van der Waals surface area contributed by atoms with Gasteiger partial charge in [0.2, 0.25) is 0 Å². The smallest absolute Gasteiger partial charge is 0.138 e. The molecule has 0 aliphatic rings. The maximum absolute atomic E-state index is 10.4. The van der Waals surface area contributed by atoms with Crippen LogP contribution in [-0.2, 0) is 6.42 Å². The summed E-state index contributed by atoms with van der Waals surface area (Å²) in [4.78, 5) is 0. The number of halogens is 3. The van der Waals surface area contributed by atoms with Crippen molar-refractivity contribution < 1.29 is 9.84 Å². The molecule has 0 spiro atoms. The van der Waals surface area contributed by atoms with Gasteiger partial charge in [-0.25, -0.2) is 0 Å². The summed E-state index contributed by atoms with van der Waals surface area (Å²) in [6.45, 7) is 0. The lowest BCUT2D eigenvalue weighted by Gasteiger charge is -2.17. The molecule has 1 atom stereocenters. The molecule has 0 aromatic heterocycles. The Morgan fingerprint density at radius 2 is 1.95 bits per heavy atom. The van der Waals surface area contributed by atoms with Crippen LogP contribution in [0.4, 0.5) is 0 Å². The number of hydrogen-bond acceptors (Lipinski definition) is 2. The Kier molecular flexibility index (Phi) is 5.33. The molecule has 0 radical (unpaired) electrons. The van der Waals surface area contributed by atoms with E-state index in [1.165, 1.54) is 0 Å². The maximum atomic E-state index is 10.4. The van der Waals surface area contributed by atoms with E-state index in [1.807, 2.05) is 18.2 Å². The monoisotopic (exact) mass is 374 g/mol. The fourth-order valence-corrected chi connectivity index (χ4v) is 3.23. The van der Waals surface area contributed by atoms with E-state index in [-0.39, 0.29) is 0 Å². The second-order valence-corrected chi connectivity index (χ2v) is 6.02. The topological polar surface area (TPSA) is 29.5 Å². The van der Waals surface area contributed by atoms with Crippen LogP contribution in [0.3, 0.4) is 0 Å². The minimum absolute atomic E-state index is 0.392. The van der Waals surface area contributed by atoms with E-state index < -0.39 is 6.10 Å². The van der Waals surface area contributed by atoms with E-state index in [0.717, 1.165) is 5.56 Å². The van der Waals surface area contributed by atoms with Gasteiger partial charge in [-0.15, -0.1) is 0 Å². The molecule has 1 N–H and O–H groups in total. The predicted molar refractivity (Wildman–Crippen MR) is 85.8 cm³/mol. The standard InChI is InChI=1S/C15H13BrCl2O2/c1-20-15-11(7-10(17)8-12(15)16)14(19)6-9-4-2-3-5-13(9)18/h2-5,7-8,14,19H,6H2,1H3. The first kappa shape index (κ1) is 15.6. The summed E-state index contributed by atoms with van der Waals surface area (Å²) in [5.74, 6) is 0.578. The Bertz CT molecular complexity index is 617. The first-order valence-electron chi connectivity index (χ1n) is 5.97. The molecular weight excluding hydrogens is 363 g/mol. The molecular formula is C15H13BrCl2O2. The highest BCUT2D eigenvalue weighted by atomic mass is 79.9. The summed E-state index contributed by atoms with van der Waals surface area (Å²) in [5, 5.41) is 11.6. The zero-order valence-corrected chi connectivity index (χ0v) is 13.8. The molecule has 0 heterocycles. The molecule has 2 aromatic carbocycles. The second kappa shape index (κ2) is 6.81. The van der Waals surface area contributed by atoms with Gasteiger partial charge in [0, 0.05) is 22.0 Å². The van der Waals surface area contributed by atoms with Gasteiger partial charge in [0.15, 0.2) is 0 Å². The summed E-state index contributed by atoms with van der Waals surface area (Å²) in [6, 6.07) is 10.9. The Morgan fingerprint density at radius 1 is 1.25 bits per heavy atom. The average molecular weight is 376 g/mol. The third-order valence-corrected chi connectivity index (χ3v) is 4.15. The molecule has 0 fully saturated rings. The molecule has 20 heavy (non-hydrogen) atoms. The first-order chi connectivity index (χ1) is 9.52. The van der Waals surface area contributed by atoms with E-state index >= 15 is 0 Å². The van der Waals surface area contributed by atoms with Crippen molar-refractivity contribution in [1.29, 1.82) is 0 Å². The van der Waals surface area contributed by atoms with Crippen LogP contribution < -0.4 is 4.74 Å². The highest BCUT2D eigenvalue weighted by molar-refractivity contribution is 9.10. The predicted octanol–water partition coefficient (Wildman–Crippen LogP) is 5.04. The lowest BCUT2D eigenvalue weighted by atomic mass is 10.0. The van der Waals surface area contributed by atoms with E-state index in [2.05, 4.69) is 15.9 Å². The minimum atomic E-state index is -0.750. The van der Waals surface area contributed by atoms with Gasteiger partial charge in [0.25, 0.3) is 0 Å². The van der Waals surface area contributed by atoms with Crippen LogP contribution in [0.25, 0.3) is 0 Å². The zero-order valence-electron chi connectivity index (χ0n) is 10.7. The number of rotatable bonds is 4.